The van der Waals surface area contributed by atoms with Crippen LogP contribution in [0.25, 0.3) is 0 Å². The van der Waals surface area contributed by atoms with Crippen LogP contribution in [0.4, 0.5) is 4.39 Å². The second-order valence-corrected chi connectivity index (χ2v) is 8.00. The minimum absolute atomic E-state index is 0.00912. The second kappa shape index (κ2) is 11.3. The lowest BCUT2D eigenvalue weighted by Gasteiger charge is -2.35. The van der Waals surface area contributed by atoms with E-state index in [0.717, 1.165) is 31.5 Å². The summed E-state index contributed by atoms with van der Waals surface area (Å²) in [5.41, 5.74) is 0.954. The van der Waals surface area contributed by atoms with E-state index in [0.29, 0.717) is 32.1 Å². The van der Waals surface area contributed by atoms with Crippen LogP contribution >= 0.6 is 0 Å². The fourth-order valence-electron chi connectivity index (χ4n) is 4.21. The van der Waals surface area contributed by atoms with E-state index in [1.165, 1.54) is 31.4 Å². The molecule has 0 radical (unpaired) electrons. The molecule has 3 rings (SSSR count). The fraction of sp³-hybridized carbons (Fsp3) is 0.636. The maximum absolute atomic E-state index is 13.3. The molecule has 1 aliphatic carbocycles. The Kier molecular flexibility index (Phi) is 8.43. The van der Waals surface area contributed by atoms with Crippen LogP contribution in [-0.2, 0) is 14.3 Å². The summed E-state index contributed by atoms with van der Waals surface area (Å²) in [5, 5.41) is 5.67. The fourth-order valence-corrected chi connectivity index (χ4v) is 4.21. The molecule has 1 unspecified atom stereocenters. The minimum atomic E-state index is -0.279. The highest BCUT2D eigenvalue weighted by molar-refractivity contribution is 5.84. The third-order valence-electron chi connectivity index (χ3n) is 5.88. The molecule has 1 aliphatic heterocycles. The van der Waals surface area contributed by atoms with Crippen molar-refractivity contribution in [1.29, 1.82) is 0 Å². The molecular weight excluding hydrogens is 373 g/mol. The average Bonchev–Trinajstić information content (AvgIpc) is 2.75. The molecule has 1 atom stereocenters. The summed E-state index contributed by atoms with van der Waals surface area (Å²) in [5.74, 6) is -0.0761. The molecule has 7 heteroatoms. The molecule has 6 nitrogen and oxygen atoms in total. The molecule has 1 heterocycles. The van der Waals surface area contributed by atoms with Crippen molar-refractivity contribution in [2.75, 3.05) is 39.4 Å². The summed E-state index contributed by atoms with van der Waals surface area (Å²) >= 11 is 0. The van der Waals surface area contributed by atoms with Gasteiger partial charge in [0, 0.05) is 26.1 Å². The number of hydrogen-bond acceptors (Lipinski definition) is 4. The van der Waals surface area contributed by atoms with Gasteiger partial charge in [-0.3, -0.25) is 14.5 Å². The van der Waals surface area contributed by atoms with Crippen LogP contribution in [0.3, 0.4) is 0 Å². The Morgan fingerprint density at radius 2 is 1.72 bits per heavy atom. The summed E-state index contributed by atoms with van der Waals surface area (Å²) in [6.45, 7) is 3.20. The number of nitrogens with zero attached hydrogens (tertiary/aromatic N) is 1. The number of ether oxygens (including phenoxy) is 1. The second-order valence-electron chi connectivity index (χ2n) is 8.00. The first-order chi connectivity index (χ1) is 14.1. The highest BCUT2D eigenvalue weighted by Crippen LogP contribution is 2.26. The van der Waals surface area contributed by atoms with Gasteiger partial charge in [-0.1, -0.05) is 31.4 Å². The topological polar surface area (TPSA) is 70.7 Å². The van der Waals surface area contributed by atoms with Gasteiger partial charge in [-0.05, 0) is 36.5 Å². The van der Waals surface area contributed by atoms with Gasteiger partial charge in [-0.15, -0.1) is 0 Å². The highest BCUT2D eigenvalue weighted by Gasteiger charge is 2.23. The lowest BCUT2D eigenvalue weighted by atomic mass is 9.87. The smallest absolute Gasteiger partial charge is 0.239 e. The van der Waals surface area contributed by atoms with Gasteiger partial charge in [0.05, 0.1) is 25.8 Å². The van der Waals surface area contributed by atoms with E-state index >= 15 is 0 Å². The Labute approximate surface area is 172 Å². The van der Waals surface area contributed by atoms with Crippen molar-refractivity contribution in [3.8, 4) is 0 Å². The third-order valence-corrected chi connectivity index (χ3v) is 5.88. The maximum Gasteiger partial charge on any atom is 0.239 e. The first-order valence-corrected chi connectivity index (χ1v) is 10.7. The lowest BCUT2D eigenvalue weighted by Crippen LogP contribution is -2.45. The molecule has 0 spiro atoms. The molecule has 1 aromatic carbocycles. The predicted molar refractivity (Wildman–Crippen MR) is 109 cm³/mol. The lowest BCUT2D eigenvalue weighted by molar-refractivity contribution is -0.126. The monoisotopic (exact) mass is 405 g/mol. The molecule has 2 N–H and O–H groups in total. The van der Waals surface area contributed by atoms with Gasteiger partial charge in [0.2, 0.25) is 11.8 Å². The first kappa shape index (κ1) is 21.7. The zero-order chi connectivity index (χ0) is 20.5. The number of halogens is 1. The quantitative estimate of drug-likeness (QED) is 0.697. The van der Waals surface area contributed by atoms with E-state index < -0.39 is 0 Å². The van der Waals surface area contributed by atoms with Gasteiger partial charge in [-0.2, -0.15) is 0 Å². The number of rotatable bonds is 8. The summed E-state index contributed by atoms with van der Waals surface area (Å²) in [6.07, 6.45) is 6.39. The van der Waals surface area contributed by atoms with Crippen molar-refractivity contribution in [2.24, 2.45) is 5.92 Å². The van der Waals surface area contributed by atoms with Crippen molar-refractivity contribution in [1.82, 2.24) is 15.5 Å². The third kappa shape index (κ3) is 7.08. The van der Waals surface area contributed by atoms with E-state index in [4.69, 9.17) is 4.74 Å². The molecule has 2 amide bonds. The minimum Gasteiger partial charge on any atom is -0.379 e. The van der Waals surface area contributed by atoms with Crippen LogP contribution in [0.2, 0.25) is 0 Å². The molecule has 2 aliphatic rings. The van der Waals surface area contributed by atoms with Crippen LogP contribution in [0, 0.1) is 11.7 Å². The van der Waals surface area contributed by atoms with E-state index in [1.54, 1.807) is 12.1 Å². The van der Waals surface area contributed by atoms with E-state index in [-0.39, 0.29) is 30.2 Å². The van der Waals surface area contributed by atoms with Crippen molar-refractivity contribution in [3.63, 3.8) is 0 Å². The standard InChI is InChI=1S/C22H32FN3O3/c23-19-8-6-18(7-9-19)20(26-10-12-29-13-11-26)15-24-22(28)16-25-21(27)14-17-4-2-1-3-5-17/h6-9,17,20H,1-5,10-16H2,(H,24,28)(H,25,27). The average molecular weight is 406 g/mol. The zero-order valence-corrected chi connectivity index (χ0v) is 17.0. The number of nitrogens with one attached hydrogen (secondary N) is 2. The van der Waals surface area contributed by atoms with E-state index in [2.05, 4.69) is 15.5 Å². The molecule has 1 aromatic rings. The molecule has 1 saturated heterocycles. The Balaban J connectivity index is 1.47. The zero-order valence-electron chi connectivity index (χ0n) is 17.0. The normalized spacial score (nSPS) is 19.5. The predicted octanol–water partition coefficient (Wildman–Crippen LogP) is 2.40. The van der Waals surface area contributed by atoms with Gasteiger partial charge < -0.3 is 15.4 Å². The summed E-state index contributed by atoms with van der Waals surface area (Å²) in [6, 6.07) is 6.34. The number of benzene rings is 1. The van der Waals surface area contributed by atoms with Gasteiger partial charge in [0.15, 0.2) is 0 Å². The molecule has 0 aromatic heterocycles. The van der Waals surface area contributed by atoms with E-state index in [1.807, 2.05) is 0 Å². The molecule has 0 bridgehead atoms. The number of carbonyl (C=O) groups is 2. The Morgan fingerprint density at radius 1 is 1.03 bits per heavy atom. The molecule has 29 heavy (non-hydrogen) atoms. The first-order valence-electron chi connectivity index (χ1n) is 10.7. The SMILES string of the molecule is O=C(CNC(=O)CC1CCCCC1)NCC(c1ccc(F)cc1)N1CCOCC1. The van der Waals surface area contributed by atoms with Crippen LogP contribution in [0.1, 0.15) is 50.1 Å². The Bertz CT molecular complexity index is 656. The van der Waals surface area contributed by atoms with Gasteiger partial charge >= 0.3 is 0 Å². The largest absolute Gasteiger partial charge is 0.379 e. The van der Waals surface area contributed by atoms with Gasteiger partial charge in [0.1, 0.15) is 5.82 Å². The number of morpholine rings is 1. The number of hydrogen-bond donors (Lipinski definition) is 2. The van der Waals surface area contributed by atoms with Crippen LogP contribution in [0.5, 0.6) is 0 Å². The summed E-state index contributed by atoms with van der Waals surface area (Å²) in [4.78, 5) is 26.6. The van der Waals surface area contributed by atoms with Crippen LogP contribution < -0.4 is 10.6 Å². The van der Waals surface area contributed by atoms with Crippen molar-refractivity contribution >= 4 is 11.8 Å². The van der Waals surface area contributed by atoms with Crippen LogP contribution in [-0.4, -0.2) is 56.1 Å². The maximum atomic E-state index is 13.3. The molecule has 160 valence electrons. The van der Waals surface area contributed by atoms with E-state index in [9.17, 15) is 14.0 Å². The van der Waals surface area contributed by atoms with Crippen molar-refractivity contribution in [2.45, 2.75) is 44.6 Å². The summed E-state index contributed by atoms with van der Waals surface area (Å²) in [7, 11) is 0. The van der Waals surface area contributed by atoms with Crippen molar-refractivity contribution < 1.29 is 18.7 Å². The van der Waals surface area contributed by atoms with Crippen LogP contribution in [0.15, 0.2) is 24.3 Å². The molecular formula is C22H32FN3O3. The Morgan fingerprint density at radius 3 is 2.41 bits per heavy atom. The summed E-state index contributed by atoms with van der Waals surface area (Å²) < 4.78 is 18.7. The number of amides is 2. The number of carbonyl (C=O) groups excluding carboxylic acids is 2. The highest BCUT2D eigenvalue weighted by atomic mass is 19.1. The van der Waals surface area contributed by atoms with Crippen molar-refractivity contribution in [3.05, 3.63) is 35.6 Å². The Hall–Kier alpha value is -1.99. The van der Waals surface area contributed by atoms with Gasteiger partial charge in [0.25, 0.3) is 0 Å². The molecule has 1 saturated carbocycles. The molecule has 2 fully saturated rings. The van der Waals surface area contributed by atoms with Gasteiger partial charge in [-0.25, -0.2) is 4.39 Å².